The molecule has 0 unspecified atom stereocenters. The Morgan fingerprint density at radius 1 is 1.64 bits per heavy atom. The molecule has 0 saturated carbocycles. The zero-order valence-corrected chi connectivity index (χ0v) is 9.55. The van der Waals surface area contributed by atoms with Crippen molar-refractivity contribution >= 4 is 22.6 Å². The van der Waals surface area contributed by atoms with Crippen molar-refractivity contribution in [2.24, 2.45) is 0 Å². The molecular formula is C9H7F2IN2. The van der Waals surface area contributed by atoms with Crippen LogP contribution in [0.5, 0.6) is 0 Å². The highest BCUT2D eigenvalue weighted by Gasteiger charge is 2.18. The molecule has 14 heavy (non-hydrogen) atoms. The third-order valence-corrected chi connectivity index (χ3v) is 3.08. The number of alkyl halides is 2. The van der Waals surface area contributed by atoms with E-state index in [0.29, 0.717) is 14.8 Å². The van der Waals surface area contributed by atoms with Gasteiger partial charge in [0.15, 0.2) is 0 Å². The van der Waals surface area contributed by atoms with Crippen LogP contribution in [0, 0.1) is 21.8 Å². The van der Waals surface area contributed by atoms with Crippen LogP contribution in [0.4, 0.5) is 8.78 Å². The van der Waals surface area contributed by atoms with E-state index in [0.717, 1.165) is 0 Å². The van der Waals surface area contributed by atoms with Gasteiger partial charge in [-0.1, -0.05) is 0 Å². The monoisotopic (exact) mass is 308 g/mol. The van der Waals surface area contributed by atoms with Gasteiger partial charge in [-0.05, 0) is 35.1 Å². The maximum absolute atomic E-state index is 12.6. The number of halogens is 3. The van der Waals surface area contributed by atoms with Gasteiger partial charge in [-0.3, -0.25) is 4.98 Å². The number of hydrogen-bond donors (Lipinski definition) is 0. The number of nitriles is 1. The van der Waals surface area contributed by atoms with E-state index in [1.165, 1.54) is 6.20 Å². The van der Waals surface area contributed by atoms with Crippen LogP contribution in [0.2, 0.25) is 0 Å². The van der Waals surface area contributed by atoms with Crippen molar-refractivity contribution in [3.63, 3.8) is 0 Å². The standard InChI is InChI=1S/C9H7F2IN2/c1-5-7(9(10)11)8(12)6(2-3-13)4-14-5/h4,9H,2H2,1H3. The molecule has 0 aromatic carbocycles. The van der Waals surface area contributed by atoms with Crippen LogP contribution in [0.15, 0.2) is 6.20 Å². The number of pyridine rings is 1. The minimum atomic E-state index is -2.53. The van der Waals surface area contributed by atoms with E-state index in [2.05, 4.69) is 4.98 Å². The SMILES string of the molecule is Cc1ncc(CC#N)c(I)c1C(F)F. The van der Waals surface area contributed by atoms with Crippen LogP contribution in [0.3, 0.4) is 0 Å². The molecule has 0 fully saturated rings. The van der Waals surface area contributed by atoms with Crippen LogP contribution < -0.4 is 0 Å². The predicted octanol–water partition coefficient (Wildman–Crippen LogP) is 3.00. The lowest BCUT2D eigenvalue weighted by molar-refractivity contribution is 0.149. The fraction of sp³-hybridized carbons (Fsp3) is 0.333. The lowest BCUT2D eigenvalue weighted by Gasteiger charge is -2.09. The summed E-state index contributed by atoms with van der Waals surface area (Å²) in [6.45, 7) is 1.54. The van der Waals surface area contributed by atoms with Gasteiger partial charge < -0.3 is 0 Å². The van der Waals surface area contributed by atoms with Crippen molar-refractivity contribution in [2.45, 2.75) is 19.8 Å². The van der Waals surface area contributed by atoms with Crippen LogP contribution in [-0.2, 0) is 6.42 Å². The number of aryl methyl sites for hydroxylation is 1. The van der Waals surface area contributed by atoms with Gasteiger partial charge in [-0.2, -0.15) is 5.26 Å². The summed E-state index contributed by atoms with van der Waals surface area (Å²) in [4.78, 5) is 3.84. The molecule has 1 aromatic rings. The van der Waals surface area contributed by atoms with Crippen molar-refractivity contribution in [3.05, 3.63) is 26.6 Å². The van der Waals surface area contributed by atoms with E-state index < -0.39 is 6.43 Å². The third kappa shape index (κ3) is 2.18. The highest BCUT2D eigenvalue weighted by atomic mass is 127. The molecule has 0 aliphatic rings. The Bertz CT molecular complexity index is 385. The average molecular weight is 308 g/mol. The summed E-state index contributed by atoms with van der Waals surface area (Å²) in [5, 5.41) is 8.47. The molecule has 1 heterocycles. The Morgan fingerprint density at radius 2 is 2.29 bits per heavy atom. The summed E-state index contributed by atoms with van der Waals surface area (Å²) < 4.78 is 25.6. The first-order valence-electron chi connectivity index (χ1n) is 3.87. The Balaban J connectivity index is 3.28. The van der Waals surface area contributed by atoms with Crippen molar-refractivity contribution < 1.29 is 8.78 Å². The Kier molecular flexibility index (Phi) is 3.75. The predicted molar refractivity (Wildman–Crippen MR) is 56.0 cm³/mol. The van der Waals surface area contributed by atoms with Gasteiger partial charge in [-0.25, -0.2) is 8.78 Å². The van der Waals surface area contributed by atoms with Crippen LogP contribution in [0.1, 0.15) is 23.2 Å². The van der Waals surface area contributed by atoms with E-state index in [1.807, 2.05) is 28.7 Å². The van der Waals surface area contributed by atoms with E-state index in [4.69, 9.17) is 5.26 Å². The van der Waals surface area contributed by atoms with Crippen molar-refractivity contribution in [2.75, 3.05) is 0 Å². The molecule has 0 spiro atoms. The lowest BCUT2D eigenvalue weighted by atomic mass is 10.1. The first-order chi connectivity index (χ1) is 6.57. The summed E-state index contributed by atoms with van der Waals surface area (Å²) in [5.41, 5.74) is 0.832. The zero-order valence-electron chi connectivity index (χ0n) is 7.39. The largest absolute Gasteiger partial charge is 0.266 e. The number of nitrogens with zero attached hydrogens (tertiary/aromatic N) is 2. The van der Waals surface area contributed by atoms with Crippen LogP contribution in [0.25, 0.3) is 0 Å². The van der Waals surface area contributed by atoms with Gasteiger partial charge in [0.05, 0.1) is 18.1 Å². The molecule has 0 aliphatic carbocycles. The molecule has 74 valence electrons. The van der Waals surface area contributed by atoms with Crippen molar-refractivity contribution in [1.82, 2.24) is 4.98 Å². The Hall–Kier alpha value is -0.770. The summed E-state index contributed by atoms with van der Waals surface area (Å²) >= 11 is 1.83. The average Bonchev–Trinajstić information content (AvgIpc) is 2.10. The lowest BCUT2D eigenvalue weighted by Crippen LogP contribution is -2.01. The summed E-state index contributed by atoms with van der Waals surface area (Å²) in [6, 6.07) is 1.92. The van der Waals surface area contributed by atoms with Crippen molar-refractivity contribution in [3.8, 4) is 6.07 Å². The summed E-state index contributed by atoms with van der Waals surface area (Å²) in [7, 11) is 0. The van der Waals surface area contributed by atoms with E-state index >= 15 is 0 Å². The van der Waals surface area contributed by atoms with Gasteiger partial charge in [0.25, 0.3) is 6.43 Å². The molecular weight excluding hydrogens is 301 g/mol. The molecule has 0 aliphatic heterocycles. The van der Waals surface area contributed by atoms with Crippen molar-refractivity contribution in [1.29, 1.82) is 5.26 Å². The fourth-order valence-corrected chi connectivity index (χ4v) is 2.05. The van der Waals surface area contributed by atoms with Gasteiger partial charge in [0.2, 0.25) is 0 Å². The second-order valence-corrected chi connectivity index (χ2v) is 3.81. The smallest absolute Gasteiger partial charge is 0.261 e. The molecule has 2 nitrogen and oxygen atoms in total. The first-order valence-corrected chi connectivity index (χ1v) is 4.94. The van der Waals surface area contributed by atoms with E-state index in [9.17, 15) is 8.78 Å². The molecule has 0 amide bonds. The van der Waals surface area contributed by atoms with Gasteiger partial charge in [0, 0.05) is 15.5 Å². The minimum Gasteiger partial charge on any atom is -0.261 e. The Labute approximate surface area is 94.1 Å². The zero-order chi connectivity index (χ0) is 10.7. The molecule has 1 rings (SSSR count). The number of rotatable bonds is 2. The number of hydrogen-bond acceptors (Lipinski definition) is 2. The highest BCUT2D eigenvalue weighted by Crippen LogP contribution is 2.28. The quantitative estimate of drug-likeness (QED) is 0.788. The first kappa shape index (κ1) is 11.3. The third-order valence-electron chi connectivity index (χ3n) is 1.81. The Morgan fingerprint density at radius 3 is 2.79 bits per heavy atom. The highest BCUT2D eigenvalue weighted by molar-refractivity contribution is 14.1. The van der Waals surface area contributed by atoms with Crippen LogP contribution in [-0.4, -0.2) is 4.98 Å². The van der Waals surface area contributed by atoms with E-state index in [-0.39, 0.29) is 12.0 Å². The summed E-state index contributed by atoms with van der Waals surface area (Å²) in [5.74, 6) is 0. The molecule has 0 radical (unpaired) electrons. The van der Waals surface area contributed by atoms with Crippen LogP contribution >= 0.6 is 22.6 Å². The molecule has 0 atom stereocenters. The summed E-state index contributed by atoms with van der Waals surface area (Å²) in [6.07, 6.45) is -0.939. The molecule has 0 saturated heterocycles. The van der Waals surface area contributed by atoms with Gasteiger partial charge in [-0.15, -0.1) is 0 Å². The molecule has 5 heteroatoms. The second-order valence-electron chi connectivity index (χ2n) is 2.73. The molecule has 1 aromatic heterocycles. The second kappa shape index (κ2) is 4.64. The van der Waals surface area contributed by atoms with Gasteiger partial charge in [0.1, 0.15) is 0 Å². The minimum absolute atomic E-state index is 0.0571. The van der Waals surface area contributed by atoms with Gasteiger partial charge >= 0.3 is 0 Å². The molecule has 0 bridgehead atoms. The number of aromatic nitrogens is 1. The maximum atomic E-state index is 12.6. The maximum Gasteiger partial charge on any atom is 0.266 e. The molecule has 0 N–H and O–H groups in total. The fourth-order valence-electron chi connectivity index (χ4n) is 1.09. The normalized spacial score (nSPS) is 10.3. The van der Waals surface area contributed by atoms with E-state index in [1.54, 1.807) is 6.92 Å². The topological polar surface area (TPSA) is 36.7 Å².